The molecular formula is C17H16BrF2IN2O4. The summed E-state index contributed by atoms with van der Waals surface area (Å²) in [6.07, 6.45) is -0.922. The van der Waals surface area contributed by atoms with E-state index in [2.05, 4.69) is 26.7 Å². The average Bonchev–Trinajstić information content (AvgIpc) is 2.60. The molecule has 0 aliphatic heterocycles. The van der Waals surface area contributed by atoms with Crippen LogP contribution in [0, 0.1) is 15.2 Å². The van der Waals surface area contributed by atoms with Crippen molar-refractivity contribution in [1.29, 1.82) is 0 Å². The van der Waals surface area contributed by atoms with E-state index in [4.69, 9.17) is 9.57 Å². The molecule has 0 heterocycles. The lowest BCUT2D eigenvalue weighted by atomic mass is 10.1. The molecule has 3 N–H and O–H groups in total. The standard InChI is InChI=1S/C17H16BrF2IN2O4/c1-26-7-10(24)8-27-23-17(25)11-5-12(18)13(19)6-16(11)22-15-3-2-9(21)4-14(15)20/h2-6,10,22,24H,7-8H2,1H3,(H,23,25). The summed E-state index contributed by atoms with van der Waals surface area (Å²) in [7, 11) is 1.42. The number of hydrogen-bond donors (Lipinski definition) is 3. The highest BCUT2D eigenvalue weighted by Gasteiger charge is 2.17. The average molecular weight is 557 g/mol. The second-order valence-corrected chi connectivity index (χ2v) is 7.51. The van der Waals surface area contributed by atoms with Crippen molar-refractivity contribution in [3.8, 4) is 0 Å². The second-order valence-electron chi connectivity index (χ2n) is 5.41. The first kappa shape index (κ1) is 22.0. The Bertz CT molecular complexity index is 826. The summed E-state index contributed by atoms with van der Waals surface area (Å²) in [5.41, 5.74) is 2.30. The number of ether oxygens (including phenoxy) is 1. The number of hydroxylamine groups is 1. The van der Waals surface area contributed by atoms with Crippen LogP contribution in [0.2, 0.25) is 0 Å². The summed E-state index contributed by atoms with van der Waals surface area (Å²) in [4.78, 5) is 17.3. The predicted molar refractivity (Wildman–Crippen MR) is 108 cm³/mol. The number of rotatable bonds is 8. The molecule has 0 fully saturated rings. The fourth-order valence-corrected chi connectivity index (χ4v) is 2.87. The molecule has 0 saturated heterocycles. The topological polar surface area (TPSA) is 79.8 Å². The van der Waals surface area contributed by atoms with Crippen LogP contribution in [0.1, 0.15) is 10.4 Å². The van der Waals surface area contributed by atoms with Crippen molar-refractivity contribution in [1.82, 2.24) is 5.48 Å². The molecule has 0 saturated carbocycles. The molecule has 2 aromatic carbocycles. The summed E-state index contributed by atoms with van der Waals surface area (Å²) in [6.45, 7) is -0.159. The van der Waals surface area contributed by atoms with Gasteiger partial charge in [0, 0.05) is 10.7 Å². The normalized spacial score (nSPS) is 11.9. The lowest BCUT2D eigenvalue weighted by Crippen LogP contribution is -2.30. The molecule has 0 aliphatic rings. The maximum atomic E-state index is 14.1. The third kappa shape index (κ3) is 6.35. The maximum Gasteiger partial charge on any atom is 0.276 e. The largest absolute Gasteiger partial charge is 0.388 e. The van der Waals surface area contributed by atoms with Gasteiger partial charge in [-0.2, -0.15) is 0 Å². The molecular weight excluding hydrogens is 541 g/mol. The zero-order valence-corrected chi connectivity index (χ0v) is 17.8. The highest BCUT2D eigenvalue weighted by atomic mass is 127. The number of nitrogens with one attached hydrogen (secondary N) is 2. The van der Waals surface area contributed by atoms with Gasteiger partial charge in [-0.3, -0.25) is 9.63 Å². The third-order valence-corrected chi connectivity index (χ3v) is 4.58. The Kier molecular flexibility index (Phi) is 8.35. The molecule has 6 nitrogen and oxygen atoms in total. The molecule has 0 aliphatic carbocycles. The van der Waals surface area contributed by atoms with Gasteiger partial charge in [-0.25, -0.2) is 14.3 Å². The summed E-state index contributed by atoms with van der Waals surface area (Å²) in [5.74, 6) is -1.87. The SMILES string of the molecule is COCC(O)CONC(=O)c1cc(Br)c(F)cc1Nc1ccc(I)cc1F. The molecule has 1 atom stereocenters. The number of benzene rings is 2. The van der Waals surface area contributed by atoms with E-state index in [1.165, 1.54) is 25.3 Å². The van der Waals surface area contributed by atoms with Gasteiger partial charge in [0.1, 0.15) is 24.3 Å². The van der Waals surface area contributed by atoms with Crippen molar-refractivity contribution in [2.75, 3.05) is 25.6 Å². The van der Waals surface area contributed by atoms with E-state index in [0.717, 1.165) is 6.07 Å². The number of hydrogen-bond acceptors (Lipinski definition) is 5. The monoisotopic (exact) mass is 556 g/mol. The van der Waals surface area contributed by atoms with Crippen LogP contribution >= 0.6 is 38.5 Å². The summed E-state index contributed by atoms with van der Waals surface area (Å²) in [5, 5.41) is 12.2. The fraction of sp³-hybridized carbons (Fsp3) is 0.235. The fourth-order valence-electron chi connectivity index (χ4n) is 2.07. The molecule has 1 amide bonds. The van der Waals surface area contributed by atoms with Gasteiger partial charge in [0.05, 0.1) is 28.0 Å². The predicted octanol–water partition coefficient (Wildman–Crippen LogP) is 3.74. The Morgan fingerprint density at radius 1 is 1.22 bits per heavy atom. The molecule has 146 valence electrons. The van der Waals surface area contributed by atoms with Gasteiger partial charge in [0.25, 0.3) is 5.91 Å². The molecule has 1 unspecified atom stereocenters. The van der Waals surface area contributed by atoms with Gasteiger partial charge < -0.3 is 15.2 Å². The minimum Gasteiger partial charge on any atom is -0.388 e. The van der Waals surface area contributed by atoms with Crippen molar-refractivity contribution in [3.05, 3.63) is 55.6 Å². The van der Waals surface area contributed by atoms with E-state index < -0.39 is 23.6 Å². The molecule has 0 spiro atoms. The third-order valence-electron chi connectivity index (χ3n) is 3.31. The Hall–Kier alpha value is -1.34. The first-order chi connectivity index (χ1) is 12.8. The zero-order valence-electron chi connectivity index (χ0n) is 14.1. The van der Waals surface area contributed by atoms with E-state index in [1.54, 1.807) is 6.07 Å². The van der Waals surface area contributed by atoms with E-state index >= 15 is 0 Å². The van der Waals surface area contributed by atoms with Crippen molar-refractivity contribution in [2.45, 2.75) is 6.10 Å². The lowest BCUT2D eigenvalue weighted by Gasteiger charge is -2.15. The highest BCUT2D eigenvalue weighted by molar-refractivity contribution is 14.1. The van der Waals surface area contributed by atoms with E-state index in [1.807, 2.05) is 22.6 Å². The number of amides is 1. The summed E-state index contributed by atoms with van der Waals surface area (Å²) in [6, 6.07) is 6.76. The molecule has 2 aromatic rings. The number of anilines is 2. The van der Waals surface area contributed by atoms with Crippen LogP contribution in [0.5, 0.6) is 0 Å². The minimum absolute atomic E-state index is 0.0162. The summed E-state index contributed by atoms with van der Waals surface area (Å²) < 4.78 is 33.5. The number of aliphatic hydroxyl groups is 1. The molecule has 27 heavy (non-hydrogen) atoms. The molecule has 10 heteroatoms. The van der Waals surface area contributed by atoms with Gasteiger partial charge in [0.2, 0.25) is 0 Å². The first-order valence-corrected chi connectivity index (χ1v) is 9.49. The van der Waals surface area contributed by atoms with Crippen molar-refractivity contribution in [2.24, 2.45) is 0 Å². The number of aliphatic hydroxyl groups excluding tert-OH is 1. The Morgan fingerprint density at radius 3 is 2.63 bits per heavy atom. The number of halogens is 4. The Balaban J connectivity index is 2.19. The van der Waals surface area contributed by atoms with Crippen molar-refractivity contribution < 1.29 is 28.3 Å². The summed E-state index contributed by atoms with van der Waals surface area (Å²) >= 11 is 4.98. The smallest absolute Gasteiger partial charge is 0.276 e. The van der Waals surface area contributed by atoms with Crippen LogP contribution in [0.15, 0.2) is 34.8 Å². The Labute approximate surface area is 176 Å². The van der Waals surface area contributed by atoms with Crippen LogP contribution in [-0.4, -0.2) is 37.4 Å². The first-order valence-electron chi connectivity index (χ1n) is 7.62. The molecule has 0 bridgehead atoms. The highest BCUT2D eigenvalue weighted by Crippen LogP contribution is 2.29. The van der Waals surface area contributed by atoms with Crippen molar-refractivity contribution >= 4 is 55.8 Å². The van der Waals surface area contributed by atoms with Crippen molar-refractivity contribution in [3.63, 3.8) is 0 Å². The van der Waals surface area contributed by atoms with Gasteiger partial charge in [-0.05, 0) is 68.9 Å². The van der Waals surface area contributed by atoms with Crippen LogP contribution < -0.4 is 10.8 Å². The number of carbonyl (C=O) groups excluding carboxylic acids is 1. The molecule has 0 radical (unpaired) electrons. The van der Waals surface area contributed by atoms with Crippen LogP contribution in [0.25, 0.3) is 0 Å². The van der Waals surface area contributed by atoms with Gasteiger partial charge in [-0.1, -0.05) is 0 Å². The van der Waals surface area contributed by atoms with E-state index in [0.29, 0.717) is 3.57 Å². The number of methoxy groups -OCH3 is 1. The van der Waals surface area contributed by atoms with E-state index in [-0.39, 0.29) is 34.6 Å². The number of carbonyl (C=O) groups is 1. The van der Waals surface area contributed by atoms with Crippen LogP contribution in [-0.2, 0) is 9.57 Å². The van der Waals surface area contributed by atoms with E-state index in [9.17, 15) is 18.7 Å². The van der Waals surface area contributed by atoms with Crippen LogP contribution in [0.4, 0.5) is 20.2 Å². The van der Waals surface area contributed by atoms with Gasteiger partial charge >= 0.3 is 0 Å². The van der Waals surface area contributed by atoms with Gasteiger partial charge in [0.15, 0.2) is 0 Å². The quantitative estimate of drug-likeness (QED) is 0.341. The van der Waals surface area contributed by atoms with Crippen LogP contribution in [0.3, 0.4) is 0 Å². The second kappa shape index (κ2) is 10.3. The molecule has 2 rings (SSSR count). The van der Waals surface area contributed by atoms with Gasteiger partial charge in [-0.15, -0.1) is 0 Å². The Morgan fingerprint density at radius 2 is 1.96 bits per heavy atom. The molecule has 0 aromatic heterocycles. The lowest BCUT2D eigenvalue weighted by molar-refractivity contribution is -0.0365. The minimum atomic E-state index is -0.922. The maximum absolute atomic E-state index is 14.1. The zero-order chi connectivity index (χ0) is 20.0.